The lowest BCUT2D eigenvalue weighted by Crippen LogP contribution is -2.52. The van der Waals surface area contributed by atoms with E-state index in [1.807, 2.05) is 18.0 Å². The Kier molecular flexibility index (Phi) is 5.47. The van der Waals surface area contributed by atoms with E-state index in [2.05, 4.69) is 15.2 Å². The van der Waals surface area contributed by atoms with Gasteiger partial charge in [0.1, 0.15) is 5.82 Å². The molecule has 0 spiro atoms. The van der Waals surface area contributed by atoms with Gasteiger partial charge in [0.15, 0.2) is 0 Å². The Morgan fingerprint density at radius 1 is 1.35 bits per heavy atom. The number of carbonyl (C=O) groups is 1. The molecular weight excluding hydrogens is 330 g/mol. The van der Waals surface area contributed by atoms with Gasteiger partial charge in [-0.25, -0.2) is 9.97 Å². The minimum atomic E-state index is -0.0758. The second-order valence-electron chi connectivity index (χ2n) is 7.57. The summed E-state index contributed by atoms with van der Waals surface area (Å²) in [7, 11) is 0. The number of morpholine rings is 1. The Hall–Kier alpha value is -1.57. The first-order chi connectivity index (χ1) is 12.7. The highest BCUT2D eigenvalue weighted by Crippen LogP contribution is 2.26. The van der Waals surface area contributed by atoms with Crippen LogP contribution in [0.15, 0.2) is 6.20 Å². The molecule has 0 bridgehead atoms. The number of fused-ring (bicyclic) bond motifs is 1. The fourth-order valence-corrected chi connectivity index (χ4v) is 4.22. The first-order valence-electron chi connectivity index (χ1n) is 9.88. The van der Waals surface area contributed by atoms with Crippen LogP contribution in [0.1, 0.15) is 42.8 Å². The first-order valence-corrected chi connectivity index (χ1v) is 9.88. The van der Waals surface area contributed by atoms with E-state index < -0.39 is 0 Å². The van der Waals surface area contributed by atoms with Gasteiger partial charge in [0.25, 0.3) is 0 Å². The van der Waals surface area contributed by atoms with Crippen LogP contribution in [0.4, 0.5) is 0 Å². The van der Waals surface area contributed by atoms with Gasteiger partial charge >= 0.3 is 0 Å². The van der Waals surface area contributed by atoms with Gasteiger partial charge in [0, 0.05) is 69.1 Å². The number of nitrogens with zero attached hydrogens (tertiary/aromatic N) is 4. The predicted octanol–water partition coefficient (Wildman–Crippen LogP) is 0.549. The average Bonchev–Trinajstić information content (AvgIpc) is 2.73. The molecule has 7 heteroatoms. The molecule has 1 amide bonds. The Labute approximate surface area is 155 Å². The number of aromatic nitrogens is 2. The van der Waals surface area contributed by atoms with Gasteiger partial charge in [-0.15, -0.1) is 0 Å². The summed E-state index contributed by atoms with van der Waals surface area (Å²) in [5.41, 5.74) is 2.39. The largest absolute Gasteiger partial charge is 0.379 e. The van der Waals surface area contributed by atoms with Crippen LogP contribution in [0, 0.1) is 0 Å². The lowest BCUT2D eigenvalue weighted by molar-refractivity contribution is -0.139. The summed E-state index contributed by atoms with van der Waals surface area (Å²) in [6.07, 6.45) is 5.02. The molecule has 1 N–H and O–H groups in total. The summed E-state index contributed by atoms with van der Waals surface area (Å²) in [4.78, 5) is 26.7. The van der Waals surface area contributed by atoms with Crippen LogP contribution in [-0.2, 0) is 22.5 Å². The molecule has 7 nitrogen and oxygen atoms in total. The van der Waals surface area contributed by atoms with Crippen molar-refractivity contribution >= 4 is 5.91 Å². The lowest BCUT2D eigenvalue weighted by Gasteiger charge is -2.38. The number of piperidine rings is 1. The zero-order valence-electron chi connectivity index (χ0n) is 15.6. The maximum atomic E-state index is 13.0. The van der Waals surface area contributed by atoms with E-state index >= 15 is 0 Å². The summed E-state index contributed by atoms with van der Waals surface area (Å²) in [5, 5.41) is 3.36. The molecule has 142 valence electrons. The lowest BCUT2D eigenvalue weighted by atomic mass is 9.96. The van der Waals surface area contributed by atoms with Gasteiger partial charge in [0.2, 0.25) is 5.91 Å². The standard InChI is InChI=1S/C19H29N5O2/c1-14(23-7-9-26-10-8-23)19(25)24-6-2-3-15(13-24)18-21-12-16-11-20-5-4-17(16)22-18/h12,14-15,20H,2-11,13H2,1H3/t14-,15+/m0/s1. The van der Waals surface area contributed by atoms with Crippen LogP contribution in [-0.4, -0.2) is 77.7 Å². The highest BCUT2D eigenvalue weighted by atomic mass is 16.5. The maximum Gasteiger partial charge on any atom is 0.239 e. The third kappa shape index (κ3) is 3.75. The average molecular weight is 359 g/mol. The minimum Gasteiger partial charge on any atom is -0.379 e. The van der Waals surface area contributed by atoms with Crippen LogP contribution >= 0.6 is 0 Å². The number of rotatable bonds is 3. The molecular formula is C19H29N5O2. The zero-order valence-corrected chi connectivity index (χ0v) is 15.6. The van der Waals surface area contributed by atoms with Crippen LogP contribution in [0.2, 0.25) is 0 Å². The smallest absolute Gasteiger partial charge is 0.239 e. The molecule has 2 saturated heterocycles. The van der Waals surface area contributed by atoms with Crippen molar-refractivity contribution in [1.29, 1.82) is 0 Å². The van der Waals surface area contributed by atoms with Gasteiger partial charge in [-0.2, -0.15) is 0 Å². The van der Waals surface area contributed by atoms with Crippen molar-refractivity contribution < 1.29 is 9.53 Å². The molecule has 3 aliphatic rings. The molecule has 2 atom stereocenters. The van der Waals surface area contributed by atoms with Crippen molar-refractivity contribution in [1.82, 2.24) is 25.1 Å². The highest BCUT2D eigenvalue weighted by molar-refractivity contribution is 5.81. The van der Waals surface area contributed by atoms with Crippen LogP contribution in [0.3, 0.4) is 0 Å². The van der Waals surface area contributed by atoms with E-state index in [1.165, 1.54) is 11.3 Å². The summed E-state index contributed by atoms with van der Waals surface area (Å²) in [6.45, 7) is 8.58. The number of nitrogens with one attached hydrogen (secondary N) is 1. The van der Waals surface area contributed by atoms with Crippen LogP contribution in [0.5, 0.6) is 0 Å². The Morgan fingerprint density at radius 3 is 3.04 bits per heavy atom. The number of ether oxygens (including phenoxy) is 1. The van der Waals surface area contributed by atoms with E-state index in [4.69, 9.17) is 9.72 Å². The fourth-order valence-electron chi connectivity index (χ4n) is 4.22. The number of likely N-dealkylation sites (tertiary alicyclic amines) is 1. The minimum absolute atomic E-state index is 0.0758. The molecule has 0 aliphatic carbocycles. The SMILES string of the molecule is C[C@@H](C(=O)N1CCC[C@@H](c2ncc3c(n2)CCNC3)C1)N1CCOCC1. The van der Waals surface area contributed by atoms with Gasteiger partial charge in [0.05, 0.1) is 19.3 Å². The predicted molar refractivity (Wildman–Crippen MR) is 97.9 cm³/mol. The number of hydrogen-bond donors (Lipinski definition) is 1. The van der Waals surface area contributed by atoms with Crippen molar-refractivity contribution in [3.05, 3.63) is 23.3 Å². The van der Waals surface area contributed by atoms with Crippen molar-refractivity contribution in [2.75, 3.05) is 45.9 Å². The van der Waals surface area contributed by atoms with Gasteiger partial charge in [-0.1, -0.05) is 0 Å². The summed E-state index contributed by atoms with van der Waals surface area (Å²) in [5.74, 6) is 1.41. The van der Waals surface area contributed by atoms with Gasteiger partial charge in [-0.3, -0.25) is 9.69 Å². The fraction of sp³-hybridized carbons (Fsp3) is 0.737. The van der Waals surface area contributed by atoms with Crippen molar-refractivity contribution in [2.24, 2.45) is 0 Å². The quantitative estimate of drug-likeness (QED) is 0.850. The molecule has 26 heavy (non-hydrogen) atoms. The first kappa shape index (κ1) is 17.8. The molecule has 1 aromatic heterocycles. The van der Waals surface area contributed by atoms with Crippen molar-refractivity contribution in [3.63, 3.8) is 0 Å². The van der Waals surface area contributed by atoms with E-state index in [1.54, 1.807) is 0 Å². The Balaban J connectivity index is 1.43. The Bertz CT molecular complexity index is 647. The van der Waals surface area contributed by atoms with Crippen LogP contribution in [0.25, 0.3) is 0 Å². The molecule has 4 heterocycles. The van der Waals surface area contributed by atoms with E-state index in [0.717, 1.165) is 77.6 Å². The normalized spacial score (nSPS) is 25.6. The second kappa shape index (κ2) is 7.98. The van der Waals surface area contributed by atoms with Gasteiger partial charge < -0.3 is 15.0 Å². The molecule has 1 aromatic rings. The van der Waals surface area contributed by atoms with Gasteiger partial charge in [-0.05, 0) is 19.8 Å². The van der Waals surface area contributed by atoms with Crippen LogP contribution < -0.4 is 5.32 Å². The topological polar surface area (TPSA) is 70.6 Å². The van der Waals surface area contributed by atoms with Crippen molar-refractivity contribution in [3.8, 4) is 0 Å². The molecule has 4 rings (SSSR count). The van der Waals surface area contributed by atoms with E-state index in [9.17, 15) is 4.79 Å². The Morgan fingerprint density at radius 2 is 2.19 bits per heavy atom. The highest BCUT2D eigenvalue weighted by Gasteiger charge is 2.32. The molecule has 2 fully saturated rings. The second-order valence-corrected chi connectivity index (χ2v) is 7.57. The number of carbonyl (C=O) groups excluding carboxylic acids is 1. The monoisotopic (exact) mass is 359 g/mol. The third-order valence-electron chi connectivity index (χ3n) is 5.88. The maximum absolute atomic E-state index is 13.0. The molecule has 3 aliphatic heterocycles. The zero-order chi connectivity index (χ0) is 17.9. The van der Waals surface area contributed by atoms with E-state index in [0.29, 0.717) is 0 Å². The number of amides is 1. The number of hydrogen-bond acceptors (Lipinski definition) is 6. The summed E-state index contributed by atoms with van der Waals surface area (Å²) >= 11 is 0. The molecule has 0 saturated carbocycles. The summed E-state index contributed by atoms with van der Waals surface area (Å²) < 4.78 is 5.41. The van der Waals surface area contributed by atoms with Crippen molar-refractivity contribution in [2.45, 2.75) is 44.7 Å². The summed E-state index contributed by atoms with van der Waals surface area (Å²) in [6, 6.07) is -0.0758. The third-order valence-corrected chi connectivity index (χ3v) is 5.88. The molecule has 0 radical (unpaired) electrons. The van der Waals surface area contributed by atoms with E-state index in [-0.39, 0.29) is 17.9 Å². The molecule has 0 unspecified atom stereocenters. The molecule has 0 aromatic carbocycles.